The number of aryl methyl sites for hydroxylation is 1. The van der Waals surface area contributed by atoms with Crippen LogP contribution in [-0.2, 0) is 9.53 Å². The quantitative estimate of drug-likeness (QED) is 0.819. The molecule has 0 unspecified atom stereocenters. The second kappa shape index (κ2) is 8.19. The van der Waals surface area contributed by atoms with Crippen molar-refractivity contribution < 1.29 is 27.9 Å². The Labute approximate surface area is 148 Å². The molecule has 0 spiro atoms. The van der Waals surface area contributed by atoms with Crippen LogP contribution in [0.25, 0.3) is 0 Å². The summed E-state index contributed by atoms with van der Waals surface area (Å²) in [5, 5.41) is 4.51. The molecule has 0 saturated carbocycles. The second-order valence-electron chi connectivity index (χ2n) is 5.45. The van der Waals surface area contributed by atoms with Crippen molar-refractivity contribution in [3.8, 4) is 0 Å². The predicted molar refractivity (Wildman–Crippen MR) is 89.7 cm³/mol. The van der Waals surface area contributed by atoms with Crippen LogP contribution in [0, 0.1) is 25.5 Å². The summed E-state index contributed by atoms with van der Waals surface area (Å²) in [6.45, 7) is 2.94. The van der Waals surface area contributed by atoms with E-state index in [2.05, 4.69) is 10.1 Å². The van der Waals surface area contributed by atoms with E-state index in [0.717, 1.165) is 23.3 Å². The molecule has 2 N–H and O–H groups in total. The minimum Gasteiger partial charge on any atom is -0.452 e. The summed E-state index contributed by atoms with van der Waals surface area (Å²) in [6.07, 6.45) is 0. The molecular formula is C18H16F2N2O4. The molecular weight excluding hydrogens is 346 g/mol. The molecule has 3 amide bonds. The number of carbonyl (C=O) groups is 3. The van der Waals surface area contributed by atoms with Gasteiger partial charge in [-0.1, -0.05) is 12.1 Å². The number of benzene rings is 2. The Kier molecular flexibility index (Phi) is 6.00. The summed E-state index contributed by atoms with van der Waals surface area (Å²) in [4.78, 5) is 35.2. The molecule has 2 rings (SSSR count). The SMILES string of the molecule is Cc1cccc(NC(=O)NC(=O)COC(=O)c2ccc(F)c(F)c2)c1C. The van der Waals surface area contributed by atoms with Crippen LogP contribution in [0.15, 0.2) is 36.4 Å². The number of amides is 3. The van der Waals surface area contributed by atoms with E-state index in [9.17, 15) is 23.2 Å². The maximum Gasteiger partial charge on any atom is 0.338 e. The van der Waals surface area contributed by atoms with Gasteiger partial charge in [0.15, 0.2) is 18.2 Å². The maximum atomic E-state index is 13.1. The van der Waals surface area contributed by atoms with Gasteiger partial charge in [-0.25, -0.2) is 18.4 Å². The molecule has 2 aromatic rings. The Hall–Kier alpha value is -3.29. The number of hydrogen-bond donors (Lipinski definition) is 2. The first-order chi connectivity index (χ1) is 12.3. The van der Waals surface area contributed by atoms with Crippen LogP contribution in [-0.4, -0.2) is 24.5 Å². The van der Waals surface area contributed by atoms with Crippen molar-refractivity contribution >= 4 is 23.6 Å². The number of carbonyl (C=O) groups excluding carboxylic acids is 3. The van der Waals surface area contributed by atoms with E-state index < -0.39 is 36.1 Å². The van der Waals surface area contributed by atoms with Gasteiger partial charge in [-0.15, -0.1) is 0 Å². The first-order valence-electron chi connectivity index (χ1n) is 7.57. The van der Waals surface area contributed by atoms with Crippen molar-refractivity contribution in [2.75, 3.05) is 11.9 Å². The minimum absolute atomic E-state index is 0.253. The molecule has 0 fully saturated rings. The topological polar surface area (TPSA) is 84.5 Å². The van der Waals surface area contributed by atoms with Gasteiger partial charge in [0.25, 0.3) is 5.91 Å². The number of hydrogen-bond acceptors (Lipinski definition) is 4. The summed E-state index contributed by atoms with van der Waals surface area (Å²) in [5.41, 5.74) is 2.10. The lowest BCUT2D eigenvalue weighted by molar-refractivity contribution is -0.123. The van der Waals surface area contributed by atoms with Crippen LogP contribution in [0.1, 0.15) is 21.5 Å². The average Bonchev–Trinajstić information content (AvgIpc) is 2.59. The monoisotopic (exact) mass is 362 g/mol. The van der Waals surface area contributed by atoms with Gasteiger partial charge in [0, 0.05) is 5.69 Å². The lowest BCUT2D eigenvalue weighted by atomic mass is 10.1. The first-order valence-corrected chi connectivity index (χ1v) is 7.57. The van der Waals surface area contributed by atoms with Gasteiger partial charge in [-0.05, 0) is 49.2 Å². The number of urea groups is 1. The third kappa shape index (κ3) is 4.85. The molecule has 26 heavy (non-hydrogen) atoms. The Morgan fingerprint density at radius 1 is 1.04 bits per heavy atom. The molecule has 136 valence electrons. The molecule has 0 radical (unpaired) electrons. The van der Waals surface area contributed by atoms with Gasteiger partial charge in [-0.3, -0.25) is 10.1 Å². The fraction of sp³-hybridized carbons (Fsp3) is 0.167. The largest absolute Gasteiger partial charge is 0.452 e. The predicted octanol–water partition coefficient (Wildman–Crippen LogP) is 3.09. The van der Waals surface area contributed by atoms with Crippen LogP contribution >= 0.6 is 0 Å². The lowest BCUT2D eigenvalue weighted by Gasteiger charge is -2.11. The number of nitrogens with one attached hydrogen (secondary N) is 2. The van der Waals surface area contributed by atoms with Gasteiger partial charge in [0.1, 0.15) is 0 Å². The molecule has 0 aliphatic heterocycles. The summed E-state index contributed by atoms with van der Waals surface area (Å²) in [6, 6.07) is 6.96. The van der Waals surface area contributed by atoms with Crippen molar-refractivity contribution in [3.05, 3.63) is 64.7 Å². The van der Waals surface area contributed by atoms with E-state index >= 15 is 0 Å². The fourth-order valence-corrected chi connectivity index (χ4v) is 2.04. The number of imide groups is 1. The smallest absolute Gasteiger partial charge is 0.338 e. The zero-order chi connectivity index (χ0) is 19.3. The molecule has 0 heterocycles. The molecule has 0 saturated heterocycles. The minimum atomic E-state index is -1.21. The van der Waals surface area contributed by atoms with E-state index in [1.807, 2.05) is 25.2 Å². The number of ether oxygens (including phenoxy) is 1. The van der Waals surface area contributed by atoms with Crippen molar-refractivity contribution in [1.29, 1.82) is 0 Å². The van der Waals surface area contributed by atoms with Crippen molar-refractivity contribution in [2.45, 2.75) is 13.8 Å². The van der Waals surface area contributed by atoms with Crippen LogP contribution in [0.4, 0.5) is 19.3 Å². The van der Waals surface area contributed by atoms with E-state index in [1.165, 1.54) is 0 Å². The third-order valence-corrected chi connectivity index (χ3v) is 3.60. The highest BCUT2D eigenvalue weighted by molar-refractivity contribution is 6.02. The summed E-state index contributed by atoms with van der Waals surface area (Å²) < 4.78 is 30.5. The van der Waals surface area contributed by atoms with Crippen LogP contribution in [0.3, 0.4) is 0 Å². The highest BCUT2D eigenvalue weighted by Gasteiger charge is 2.15. The molecule has 0 bridgehead atoms. The molecule has 0 aromatic heterocycles. The third-order valence-electron chi connectivity index (χ3n) is 3.60. The molecule has 0 atom stereocenters. The van der Waals surface area contributed by atoms with E-state index in [1.54, 1.807) is 12.1 Å². The Bertz CT molecular complexity index is 868. The number of rotatable bonds is 4. The first kappa shape index (κ1) is 19.0. The normalized spacial score (nSPS) is 10.2. The summed E-state index contributed by atoms with van der Waals surface area (Å²) in [7, 11) is 0. The van der Waals surface area contributed by atoms with E-state index in [-0.39, 0.29) is 5.56 Å². The Morgan fingerprint density at radius 3 is 2.46 bits per heavy atom. The summed E-state index contributed by atoms with van der Waals surface area (Å²) in [5.74, 6) is -4.21. The van der Waals surface area contributed by atoms with Gasteiger partial charge < -0.3 is 10.1 Å². The second-order valence-corrected chi connectivity index (χ2v) is 5.45. The van der Waals surface area contributed by atoms with Crippen molar-refractivity contribution in [1.82, 2.24) is 5.32 Å². The fourth-order valence-electron chi connectivity index (χ4n) is 2.04. The standard InChI is InChI=1S/C18H16F2N2O4/c1-10-4-3-5-15(11(10)2)21-18(25)22-16(23)9-26-17(24)12-6-7-13(19)14(20)8-12/h3-8H,9H2,1-2H3,(H2,21,22,23,25). The molecule has 0 aliphatic rings. The van der Waals surface area contributed by atoms with Gasteiger partial charge in [0.05, 0.1) is 5.56 Å². The highest BCUT2D eigenvalue weighted by atomic mass is 19.2. The van der Waals surface area contributed by atoms with Crippen LogP contribution < -0.4 is 10.6 Å². The summed E-state index contributed by atoms with van der Waals surface area (Å²) >= 11 is 0. The van der Waals surface area contributed by atoms with Gasteiger partial charge >= 0.3 is 12.0 Å². The molecule has 0 aliphatic carbocycles. The zero-order valence-electron chi connectivity index (χ0n) is 14.1. The average molecular weight is 362 g/mol. The lowest BCUT2D eigenvalue weighted by Crippen LogP contribution is -2.37. The van der Waals surface area contributed by atoms with Gasteiger partial charge in [0.2, 0.25) is 0 Å². The zero-order valence-corrected chi connectivity index (χ0v) is 14.1. The van der Waals surface area contributed by atoms with E-state index in [0.29, 0.717) is 11.8 Å². The van der Waals surface area contributed by atoms with Crippen LogP contribution in [0.2, 0.25) is 0 Å². The van der Waals surface area contributed by atoms with Crippen molar-refractivity contribution in [2.24, 2.45) is 0 Å². The van der Waals surface area contributed by atoms with E-state index in [4.69, 9.17) is 0 Å². The number of halogens is 2. The Morgan fingerprint density at radius 2 is 1.77 bits per heavy atom. The van der Waals surface area contributed by atoms with Crippen LogP contribution in [0.5, 0.6) is 0 Å². The molecule has 6 nitrogen and oxygen atoms in total. The Balaban J connectivity index is 1.86. The van der Waals surface area contributed by atoms with Gasteiger partial charge in [-0.2, -0.15) is 0 Å². The maximum absolute atomic E-state index is 13.1. The molecule has 8 heteroatoms. The highest BCUT2D eigenvalue weighted by Crippen LogP contribution is 2.17. The van der Waals surface area contributed by atoms with Crippen molar-refractivity contribution in [3.63, 3.8) is 0 Å². The molecule has 2 aromatic carbocycles. The number of esters is 1. The number of anilines is 1.